The van der Waals surface area contributed by atoms with Crippen LogP contribution in [0.1, 0.15) is 29.7 Å². The Morgan fingerprint density at radius 2 is 1.94 bits per heavy atom. The standard InChI is InChI=1S/C15H17ClN2/c1-11-7-8-17-9-14(11)10-18-12(2)13-3-5-15(16)6-4-13/h3-9,12,18H,10H2,1-2H3/t12-/m1/s1. The monoisotopic (exact) mass is 260 g/mol. The molecule has 18 heavy (non-hydrogen) atoms. The highest BCUT2D eigenvalue weighted by atomic mass is 35.5. The van der Waals surface area contributed by atoms with Gasteiger partial charge in [-0.25, -0.2) is 0 Å². The lowest BCUT2D eigenvalue weighted by Gasteiger charge is -2.15. The molecule has 0 aliphatic rings. The molecule has 0 unspecified atom stereocenters. The first kappa shape index (κ1) is 13.1. The van der Waals surface area contributed by atoms with Crippen LogP contribution in [0.5, 0.6) is 0 Å². The summed E-state index contributed by atoms with van der Waals surface area (Å²) in [5.74, 6) is 0. The first-order valence-corrected chi connectivity index (χ1v) is 6.43. The van der Waals surface area contributed by atoms with Crippen LogP contribution in [0.15, 0.2) is 42.7 Å². The first-order valence-electron chi connectivity index (χ1n) is 6.05. The van der Waals surface area contributed by atoms with E-state index in [1.165, 1.54) is 16.7 Å². The third-order valence-electron chi connectivity index (χ3n) is 3.12. The maximum Gasteiger partial charge on any atom is 0.0406 e. The number of halogens is 1. The van der Waals surface area contributed by atoms with E-state index in [-0.39, 0.29) is 0 Å². The molecule has 2 aromatic rings. The maximum absolute atomic E-state index is 5.88. The number of nitrogens with zero attached hydrogens (tertiary/aromatic N) is 1. The Hall–Kier alpha value is -1.38. The normalized spacial score (nSPS) is 12.4. The lowest BCUT2D eigenvalue weighted by atomic mass is 10.1. The van der Waals surface area contributed by atoms with Gasteiger partial charge in [0.1, 0.15) is 0 Å². The SMILES string of the molecule is Cc1ccncc1CN[C@H](C)c1ccc(Cl)cc1. The fourth-order valence-electron chi connectivity index (χ4n) is 1.81. The Balaban J connectivity index is 1.98. The van der Waals surface area contributed by atoms with E-state index in [1.807, 2.05) is 30.6 Å². The second kappa shape index (κ2) is 5.98. The molecule has 0 saturated heterocycles. The van der Waals surface area contributed by atoms with E-state index in [0.717, 1.165) is 11.6 Å². The zero-order chi connectivity index (χ0) is 13.0. The van der Waals surface area contributed by atoms with Crippen LogP contribution in [-0.2, 0) is 6.54 Å². The molecule has 0 bridgehead atoms. The van der Waals surface area contributed by atoms with Gasteiger partial charge in [0.2, 0.25) is 0 Å². The van der Waals surface area contributed by atoms with Gasteiger partial charge in [0.05, 0.1) is 0 Å². The Morgan fingerprint density at radius 1 is 1.22 bits per heavy atom. The lowest BCUT2D eigenvalue weighted by Crippen LogP contribution is -2.18. The molecule has 2 nitrogen and oxygen atoms in total. The predicted octanol–water partition coefficient (Wildman–Crippen LogP) is 3.89. The molecule has 1 aromatic heterocycles. The Kier molecular flexibility index (Phi) is 4.34. The Morgan fingerprint density at radius 3 is 2.61 bits per heavy atom. The summed E-state index contributed by atoms with van der Waals surface area (Å²) in [7, 11) is 0. The summed E-state index contributed by atoms with van der Waals surface area (Å²) < 4.78 is 0. The molecular formula is C15H17ClN2. The van der Waals surface area contributed by atoms with Crippen LogP contribution in [0.3, 0.4) is 0 Å². The van der Waals surface area contributed by atoms with Crippen molar-refractivity contribution in [3.05, 3.63) is 64.4 Å². The van der Waals surface area contributed by atoms with Gasteiger partial charge in [0.15, 0.2) is 0 Å². The largest absolute Gasteiger partial charge is 0.306 e. The third-order valence-corrected chi connectivity index (χ3v) is 3.37. The summed E-state index contributed by atoms with van der Waals surface area (Å²) >= 11 is 5.88. The van der Waals surface area contributed by atoms with Crippen molar-refractivity contribution in [3.8, 4) is 0 Å². The molecule has 0 saturated carbocycles. The predicted molar refractivity (Wildman–Crippen MR) is 75.7 cm³/mol. The molecule has 1 N–H and O–H groups in total. The van der Waals surface area contributed by atoms with E-state index in [4.69, 9.17) is 11.6 Å². The molecule has 0 radical (unpaired) electrons. The molecule has 94 valence electrons. The molecular weight excluding hydrogens is 244 g/mol. The van der Waals surface area contributed by atoms with E-state index in [2.05, 4.69) is 36.3 Å². The van der Waals surface area contributed by atoms with Crippen molar-refractivity contribution in [2.75, 3.05) is 0 Å². The average molecular weight is 261 g/mol. The summed E-state index contributed by atoms with van der Waals surface area (Å²) in [6.07, 6.45) is 3.73. The molecule has 0 fully saturated rings. The highest BCUT2D eigenvalue weighted by Gasteiger charge is 2.05. The van der Waals surface area contributed by atoms with Gasteiger partial charge in [-0.2, -0.15) is 0 Å². The van der Waals surface area contributed by atoms with Crippen molar-refractivity contribution in [3.63, 3.8) is 0 Å². The number of hydrogen-bond acceptors (Lipinski definition) is 2. The fraction of sp³-hybridized carbons (Fsp3) is 0.267. The highest BCUT2D eigenvalue weighted by molar-refractivity contribution is 6.30. The van der Waals surface area contributed by atoms with Crippen molar-refractivity contribution in [2.45, 2.75) is 26.4 Å². The number of nitrogens with one attached hydrogen (secondary N) is 1. The molecule has 1 heterocycles. The second-order valence-electron chi connectivity index (χ2n) is 4.46. The van der Waals surface area contributed by atoms with Crippen molar-refractivity contribution >= 4 is 11.6 Å². The first-order chi connectivity index (χ1) is 8.66. The molecule has 0 aliphatic carbocycles. The van der Waals surface area contributed by atoms with Gasteiger partial charge in [-0.05, 0) is 48.7 Å². The summed E-state index contributed by atoms with van der Waals surface area (Å²) in [6, 6.07) is 10.3. The quantitative estimate of drug-likeness (QED) is 0.902. The summed E-state index contributed by atoms with van der Waals surface area (Å²) in [4.78, 5) is 4.15. The van der Waals surface area contributed by atoms with E-state index in [9.17, 15) is 0 Å². The van der Waals surface area contributed by atoms with Crippen LogP contribution in [0, 0.1) is 6.92 Å². The average Bonchev–Trinajstić information content (AvgIpc) is 2.38. The van der Waals surface area contributed by atoms with Crippen LogP contribution < -0.4 is 5.32 Å². The topological polar surface area (TPSA) is 24.9 Å². The number of hydrogen-bond donors (Lipinski definition) is 1. The molecule has 0 spiro atoms. The van der Waals surface area contributed by atoms with Crippen molar-refractivity contribution in [2.24, 2.45) is 0 Å². The van der Waals surface area contributed by atoms with Gasteiger partial charge in [0, 0.05) is 30.0 Å². The smallest absolute Gasteiger partial charge is 0.0406 e. The molecule has 2 rings (SSSR count). The van der Waals surface area contributed by atoms with Gasteiger partial charge in [-0.15, -0.1) is 0 Å². The zero-order valence-electron chi connectivity index (χ0n) is 10.7. The number of benzene rings is 1. The summed E-state index contributed by atoms with van der Waals surface area (Å²) in [6.45, 7) is 5.07. The van der Waals surface area contributed by atoms with Gasteiger partial charge < -0.3 is 5.32 Å². The molecule has 0 amide bonds. The highest BCUT2D eigenvalue weighted by Crippen LogP contribution is 2.16. The second-order valence-corrected chi connectivity index (χ2v) is 4.89. The third kappa shape index (κ3) is 3.31. The molecule has 0 aliphatic heterocycles. The maximum atomic E-state index is 5.88. The van der Waals surface area contributed by atoms with E-state index >= 15 is 0 Å². The van der Waals surface area contributed by atoms with Crippen LogP contribution in [0.4, 0.5) is 0 Å². The van der Waals surface area contributed by atoms with Gasteiger partial charge in [-0.3, -0.25) is 4.98 Å². The number of aryl methyl sites for hydroxylation is 1. The van der Waals surface area contributed by atoms with E-state index in [1.54, 1.807) is 0 Å². The van der Waals surface area contributed by atoms with Crippen molar-refractivity contribution < 1.29 is 0 Å². The molecule has 1 atom stereocenters. The number of pyridine rings is 1. The minimum atomic E-state index is 0.293. The van der Waals surface area contributed by atoms with Gasteiger partial charge >= 0.3 is 0 Å². The molecule has 3 heteroatoms. The zero-order valence-corrected chi connectivity index (χ0v) is 11.4. The van der Waals surface area contributed by atoms with Crippen LogP contribution in [0.25, 0.3) is 0 Å². The number of rotatable bonds is 4. The van der Waals surface area contributed by atoms with Crippen molar-refractivity contribution in [1.29, 1.82) is 0 Å². The minimum Gasteiger partial charge on any atom is -0.306 e. The van der Waals surface area contributed by atoms with Crippen LogP contribution in [-0.4, -0.2) is 4.98 Å². The van der Waals surface area contributed by atoms with E-state index < -0.39 is 0 Å². The molecule has 1 aromatic carbocycles. The Bertz CT molecular complexity index is 508. The summed E-state index contributed by atoms with van der Waals surface area (Å²) in [5.41, 5.74) is 3.74. The Labute approximate surface area is 113 Å². The number of aromatic nitrogens is 1. The van der Waals surface area contributed by atoms with Crippen LogP contribution in [0.2, 0.25) is 5.02 Å². The fourth-order valence-corrected chi connectivity index (χ4v) is 1.94. The summed E-state index contributed by atoms with van der Waals surface area (Å²) in [5, 5.41) is 4.26. The van der Waals surface area contributed by atoms with Crippen molar-refractivity contribution in [1.82, 2.24) is 10.3 Å². The van der Waals surface area contributed by atoms with Crippen LogP contribution >= 0.6 is 11.6 Å². The minimum absolute atomic E-state index is 0.293. The van der Waals surface area contributed by atoms with Gasteiger partial charge in [0.25, 0.3) is 0 Å². The van der Waals surface area contributed by atoms with Gasteiger partial charge in [-0.1, -0.05) is 23.7 Å². The lowest BCUT2D eigenvalue weighted by molar-refractivity contribution is 0.572. The van der Waals surface area contributed by atoms with E-state index in [0.29, 0.717) is 6.04 Å².